The molecule has 0 radical (unpaired) electrons. The number of fused-ring (bicyclic) bond motifs is 1. The molecule has 0 saturated carbocycles. The van der Waals surface area contributed by atoms with E-state index >= 15 is 0 Å². The Morgan fingerprint density at radius 3 is 2.52 bits per heavy atom. The maximum atomic E-state index is 12.5. The van der Waals surface area contributed by atoms with Crippen LogP contribution >= 0.6 is 0 Å². The first-order chi connectivity index (χ1) is 15.9. The van der Waals surface area contributed by atoms with Crippen molar-refractivity contribution < 1.29 is 19.2 Å². The van der Waals surface area contributed by atoms with Gasteiger partial charge in [0.2, 0.25) is 11.8 Å². The minimum Gasteiger partial charge on any atom is -0.361 e. The van der Waals surface area contributed by atoms with Crippen molar-refractivity contribution in [3.8, 4) is 0 Å². The normalized spacial score (nSPS) is 18.1. The summed E-state index contributed by atoms with van der Waals surface area (Å²) in [4.78, 5) is 51.7. The van der Waals surface area contributed by atoms with E-state index in [2.05, 4.69) is 20.9 Å². The zero-order valence-corrected chi connectivity index (χ0v) is 18.4. The molecule has 0 spiro atoms. The first-order valence-electron chi connectivity index (χ1n) is 11.0. The molecule has 1 aliphatic rings. The third kappa shape index (κ3) is 4.50. The Kier molecular flexibility index (Phi) is 6.26. The van der Waals surface area contributed by atoms with Gasteiger partial charge in [-0.2, -0.15) is 0 Å². The van der Waals surface area contributed by atoms with Gasteiger partial charge in [-0.25, -0.2) is 0 Å². The van der Waals surface area contributed by atoms with E-state index in [1.54, 1.807) is 24.3 Å². The minimum atomic E-state index is -0.768. The molecule has 2 heterocycles. The maximum Gasteiger partial charge on any atom is 0.313 e. The van der Waals surface area contributed by atoms with Crippen LogP contribution in [0.4, 0.5) is 5.69 Å². The van der Waals surface area contributed by atoms with Crippen LogP contribution in [0.1, 0.15) is 37.3 Å². The molecule has 1 fully saturated rings. The molecule has 1 unspecified atom stereocenters. The molecule has 1 atom stereocenters. The van der Waals surface area contributed by atoms with Gasteiger partial charge in [0.25, 0.3) is 0 Å². The predicted molar refractivity (Wildman–Crippen MR) is 124 cm³/mol. The number of aromatic amines is 1. The molecule has 33 heavy (non-hydrogen) atoms. The summed E-state index contributed by atoms with van der Waals surface area (Å²) in [6.07, 6.45) is 3.79. The van der Waals surface area contributed by atoms with Crippen LogP contribution in [0.25, 0.3) is 10.9 Å². The number of rotatable bonds is 6. The number of H-pyrrole nitrogens is 1. The zero-order valence-electron chi connectivity index (χ0n) is 18.4. The number of hydrogen-bond donors (Lipinski definition) is 4. The van der Waals surface area contributed by atoms with Crippen LogP contribution in [0.2, 0.25) is 0 Å². The van der Waals surface area contributed by atoms with Crippen LogP contribution in [0.5, 0.6) is 0 Å². The summed E-state index contributed by atoms with van der Waals surface area (Å²) in [6.45, 7) is 2.24. The highest BCUT2D eigenvalue weighted by molar-refractivity contribution is 6.39. The van der Waals surface area contributed by atoms with Crippen LogP contribution < -0.4 is 16.0 Å². The largest absolute Gasteiger partial charge is 0.361 e. The van der Waals surface area contributed by atoms with E-state index in [-0.39, 0.29) is 18.2 Å². The summed E-state index contributed by atoms with van der Waals surface area (Å²) in [5.41, 5.74) is 2.56. The fraction of sp³-hybridized carbons (Fsp3) is 0.280. The summed E-state index contributed by atoms with van der Waals surface area (Å²) in [6, 6.07) is 14.7. The third-order valence-electron chi connectivity index (χ3n) is 6.33. The minimum absolute atomic E-state index is 0.260. The van der Waals surface area contributed by atoms with E-state index < -0.39 is 17.2 Å². The fourth-order valence-corrected chi connectivity index (χ4v) is 4.36. The number of amides is 4. The Balaban J connectivity index is 1.33. The van der Waals surface area contributed by atoms with Gasteiger partial charge in [0.15, 0.2) is 0 Å². The molecule has 0 aliphatic carbocycles. The summed E-state index contributed by atoms with van der Waals surface area (Å²) in [5, 5.41) is 8.74. The number of carbonyl (C=O) groups is 4. The van der Waals surface area contributed by atoms with Crippen LogP contribution in [-0.2, 0) is 31.0 Å². The molecular formula is C25H26N4O4. The lowest BCUT2D eigenvalue weighted by atomic mass is 9.72. The van der Waals surface area contributed by atoms with E-state index in [0.717, 1.165) is 22.0 Å². The van der Waals surface area contributed by atoms with Gasteiger partial charge in [-0.3, -0.25) is 24.5 Å². The molecule has 8 nitrogen and oxygen atoms in total. The van der Waals surface area contributed by atoms with Gasteiger partial charge in [-0.15, -0.1) is 0 Å². The second-order valence-electron chi connectivity index (χ2n) is 8.21. The first kappa shape index (κ1) is 22.3. The second-order valence-corrected chi connectivity index (χ2v) is 8.21. The standard InChI is InChI=1S/C25H26N4O4/c1-2-25(13-11-21(30)29-24(25)33)17-7-9-18(10-8-17)28-23(32)22(31)26-14-12-16-15-27-20-6-4-3-5-19(16)20/h3-10,15,27H,2,11-14H2,1H3,(H,26,31)(H,28,32)(H,29,30,33). The number of aromatic nitrogens is 1. The SMILES string of the molecule is CCC1(c2ccc(NC(=O)C(=O)NCCc3c[nH]c4ccccc34)cc2)CCC(=O)NC1=O. The highest BCUT2D eigenvalue weighted by atomic mass is 16.2. The molecule has 170 valence electrons. The fourth-order valence-electron chi connectivity index (χ4n) is 4.36. The Bertz CT molecular complexity index is 1210. The number of nitrogens with one attached hydrogen (secondary N) is 4. The van der Waals surface area contributed by atoms with Gasteiger partial charge in [0, 0.05) is 35.8 Å². The summed E-state index contributed by atoms with van der Waals surface area (Å²) in [7, 11) is 0. The topological polar surface area (TPSA) is 120 Å². The Hall–Kier alpha value is -3.94. The van der Waals surface area contributed by atoms with Crippen molar-refractivity contribution >= 4 is 40.2 Å². The average Bonchev–Trinajstić information content (AvgIpc) is 3.23. The number of hydrogen-bond acceptors (Lipinski definition) is 4. The number of benzene rings is 2. The third-order valence-corrected chi connectivity index (χ3v) is 6.33. The number of anilines is 1. The second kappa shape index (κ2) is 9.28. The van der Waals surface area contributed by atoms with Gasteiger partial charge in [-0.05, 0) is 48.6 Å². The van der Waals surface area contributed by atoms with Crippen LogP contribution in [-0.4, -0.2) is 35.2 Å². The number of para-hydroxylation sites is 1. The lowest BCUT2D eigenvalue weighted by Crippen LogP contribution is -2.51. The zero-order chi connectivity index (χ0) is 23.4. The van der Waals surface area contributed by atoms with Crippen LogP contribution in [0.3, 0.4) is 0 Å². The summed E-state index contributed by atoms with van der Waals surface area (Å²) in [5.74, 6) is -2.03. The highest BCUT2D eigenvalue weighted by Crippen LogP contribution is 2.36. The van der Waals surface area contributed by atoms with Gasteiger partial charge in [-0.1, -0.05) is 37.3 Å². The van der Waals surface area contributed by atoms with Gasteiger partial charge >= 0.3 is 11.8 Å². The van der Waals surface area contributed by atoms with Crippen molar-refractivity contribution in [3.05, 3.63) is 65.9 Å². The highest BCUT2D eigenvalue weighted by Gasteiger charge is 2.42. The lowest BCUT2D eigenvalue weighted by molar-refractivity contribution is -0.138. The Morgan fingerprint density at radius 1 is 1.03 bits per heavy atom. The molecule has 3 aromatic rings. The summed E-state index contributed by atoms with van der Waals surface area (Å²) >= 11 is 0. The summed E-state index contributed by atoms with van der Waals surface area (Å²) < 4.78 is 0. The number of imide groups is 1. The molecule has 1 aliphatic heterocycles. The van der Waals surface area contributed by atoms with Crippen molar-refractivity contribution in [2.24, 2.45) is 0 Å². The van der Waals surface area contributed by atoms with Gasteiger partial charge in [0.1, 0.15) is 0 Å². The Morgan fingerprint density at radius 2 is 1.79 bits per heavy atom. The van der Waals surface area contributed by atoms with Crippen molar-refractivity contribution in [1.82, 2.24) is 15.6 Å². The molecule has 4 rings (SSSR count). The predicted octanol–water partition coefficient (Wildman–Crippen LogP) is 2.55. The van der Waals surface area contributed by atoms with Crippen molar-refractivity contribution in [1.29, 1.82) is 0 Å². The molecular weight excluding hydrogens is 420 g/mol. The first-order valence-corrected chi connectivity index (χ1v) is 11.0. The molecule has 4 N–H and O–H groups in total. The Labute approximate surface area is 191 Å². The van der Waals surface area contributed by atoms with Gasteiger partial charge < -0.3 is 15.6 Å². The van der Waals surface area contributed by atoms with Crippen LogP contribution in [0.15, 0.2) is 54.7 Å². The van der Waals surface area contributed by atoms with E-state index in [1.807, 2.05) is 37.4 Å². The molecule has 1 saturated heterocycles. The average molecular weight is 447 g/mol. The smallest absolute Gasteiger partial charge is 0.313 e. The quantitative estimate of drug-likeness (QED) is 0.344. The van der Waals surface area contributed by atoms with E-state index in [9.17, 15) is 19.2 Å². The molecule has 1 aromatic heterocycles. The van der Waals surface area contributed by atoms with E-state index in [0.29, 0.717) is 31.5 Å². The van der Waals surface area contributed by atoms with Crippen LogP contribution in [0, 0.1) is 0 Å². The number of piperidine rings is 1. The maximum absolute atomic E-state index is 12.5. The molecule has 4 amide bonds. The lowest BCUT2D eigenvalue weighted by Gasteiger charge is -2.35. The number of carbonyl (C=O) groups excluding carboxylic acids is 4. The van der Waals surface area contributed by atoms with E-state index in [4.69, 9.17) is 0 Å². The van der Waals surface area contributed by atoms with Crippen molar-refractivity contribution in [2.75, 3.05) is 11.9 Å². The molecule has 2 aromatic carbocycles. The monoisotopic (exact) mass is 446 g/mol. The van der Waals surface area contributed by atoms with Crippen molar-refractivity contribution in [2.45, 2.75) is 38.0 Å². The van der Waals surface area contributed by atoms with Gasteiger partial charge in [0.05, 0.1) is 5.41 Å². The van der Waals surface area contributed by atoms with E-state index in [1.165, 1.54) is 0 Å². The molecule has 8 heteroatoms. The molecule has 0 bridgehead atoms. The van der Waals surface area contributed by atoms with Crippen molar-refractivity contribution in [3.63, 3.8) is 0 Å².